The maximum Gasteiger partial charge on any atom is 0.251 e. The Balaban J connectivity index is 1.26. The van der Waals surface area contributed by atoms with Gasteiger partial charge in [-0.25, -0.2) is 0 Å². The first-order chi connectivity index (χ1) is 14.1. The van der Waals surface area contributed by atoms with Crippen LogP contribution in [0.25, 0.3) is 10.8 Å². The first-order valence-electron chi connectivity index (χ1n) is 9.51. The summed E-state index contributed by atoms with van der Waals surface area (Å²) < 4.78 is 0. The van der Waals surface area contributed by atoms with Crippen molar-refractivity contribution in [3.8, 4) is 0 Å². The lowest BCUT2D eigenvalue weighted by Gasteiger charge is -2.38. The zero-order valence-electron chi connectivity index (χ0n) is 15.8. The molecule has 1 aliphatic heterocycles. The molecule has 1 atom stereocenters. The molecule has 3 amide bonds. The summed E-state index contributed by atoms with van der Waals surface area (Å²) in [4.78, 5) is 38.2. The van der Waals surface area contributed by atoms with Gasteiger partial charge >= 0.3 is 0 Å². The van der Waals surface area contributed by atoms with Crippen molar-refractivity contribution in [1.82, 2.24) is 10.6 Å². The van der Waals surface area contributed by atoms with Crippen molar-refractivity contribution in [3.63, 3.8) is 0 Å². The number of anilines is 1. The highest BCUT2D eigenvalue weighted by atomic mass is 16.2. The zero-order chi connectivity index (χ0) is 20.2. The Bertz CT molecular complexity index is 1060. The third-order valence-corrected chi connectivity index (χ3v) is 5.01. The summed E-state index contributed by atoms with van der Waals surface area (Å²) in [5, 5.41) is 7.40. The van der Waals surface area contributed by atoms with Crippen molar-refractivity contribution in [2.45, 2.75) is 12.5 Å². The molecule has 146 valence electrons. The van der Waals surface area contributed by atoms with E-state index < -0.39 is 6.04 Å². The van der Waals surface area contributed by atoms with E-state index >= 15 is 0 Å². The minimum atomic E-state index is -0.544. The van der Waals surface area contributed by atoms with Gasteiger partial charge in [-0.15, -0.1) is 0 Å². The summed E-state index contributed by atoms with van der Waals surface area (Å²) in [6, 6.07) is 22.5. The molecule has 2 N–H and O–H groups in total. The van der Waals surface area contributed by atoms with Gasteiger partial charge in [0.2, 0.25) is 11.8 Å². The Labute approximate surface area is 168 Å². The summed E-state index contributed by atoms with van der Waals surface area (Å²) in [5.74, 6) is -0.753. The molecule has 1 fully saturated rings. The fraction of sp³-hybridized carbons (Fsp3) is 0.174. The zero-order valence-corrected chi connectivity index (χ0v) is 15.8. The van der Waals surface area contributed by atoms with Crippen molar-refractivity contribution in [2.24, 2.45) is 0 Å². The predicted molar refractivity (Wildman–Crippen MR) is 111 cm³/mol. The number of hydrogen-bond donors (Lipinski definition) is 2. The lowest BCUT2D eigenvalue weighted by atomic mass is 10.0. The van der Waals surface area contributed by atoms with Crippen molar-refractivity contribution in [2.75, 3.05) is 18.0 Å². The minimum absolute atomic E-state index is 0.147. The summed E-state index contributed by atoms with van der Waals surface area (Å²) in [6.07, 6.45) is 0.193. The molecule has 0 bridgehead atoms. The van der Waals surface area contributed by atoms with Gasteiger partial charge in [0.1, 0.15) is 6.04 Å². The summed E-state index contributed by atoms with van der Waals surface area (Å²) in [5.41, 5.74) is 1.72. The van der Waals surface area contributed by atoms with Crippen LogP contribution in [0.3, 0.4) is 0 Å². The molecule has 0 saturated carbocycles. The standard InChI is InChI=1S/C23H21N3O3/c27-21(13-17-9-6-8-16-7-4-5-12-19(16)17)24-14-22(28)25-20-15-26(23(20)29)18-10-2-1-3-11-18/h1-12,20H,13-15H2,(H,24,27)(H,25,28). The Kier molecular flexibility index (Phi) is 5.24. The van der Waals surface area contributed by atoms with Crippen LogP contribution in [0.4, 0.5) is 5.69 Å². The highest BCUT2D eigenvalue weighted by Crippen LogP contribution is 2.21. The van der Waals surface area contributed by atoms with Crippen LogP contribution in [0.5, 0.6) is 0 Å². The van der Waals surface area contributed by atoms with Crippen molar-refractivity contribution >= 4 is 34.2 Å². The largest absolute Gasteiger partial charge is 0.347 e. The summed E-state index contributed by atoms with van der Waals surface area (Å²) in [6.45, 7) is 0.275. The van der Waals surface area contributed by atoms with Gasteiger partial charge in [0.05, 0.1) is 19.5 Å². The van der Waals surface area contributed by atoms with Crippen molar-refractivity contribution < 1.29 is 14.4 Å². The molecule has 0 spiro atoms. The highest BCUT2D eigenvalue weighted by Gasteiger charge is 2.38. The van der Waals surface area contributed by atoms with E-state index in [9.17, 15) is 14.4 Å². The van der Waals surface area contributed by atoms with Crippen LogP contribution in [0.2, 0.25) is 0 Å². The minimum Gasteiger partial charge on any atom is -0.347 e. The number of fused-ring (bicyclic) bond motifs is 1. The third-order valence-electron chi connectivity index (χ3n) is 5.01. The number of nitrogens with one attached hydrogen (secondary N) is 2. The number of carbonyl (C=O) groups excluding carboxylic acids is 3. The van der Waals surface area contributed by atoms with Crippen molar-refractivity contribution in [3.05, 3.63) is 78.4 Å². The van der Waals surface area contributed by atoms with Gasteiger partial charge in [0.25, 0.3) is 5.91 Å². The molecule has 29 heavy (non-hydrogen) atoms. The van der Waals surface area contributed by atoms with E-state index in [1.54, 1.807) is 4.90 Å². The normalized spacial score (nSPS) is 15.7. The number of para-hydroxylation sites is 1. The first-order valence-corrected chi connectivity index (χ1v) is 9.51. The lowest BCUT2D eigenvalue weighted by molar-refractivity contribution is -0.131. The fourth-order valence-electron chi connectivity index (χ4n) is 3.48. The third kappa shape index (κ3) is 4.11. The van der Waals surface area contributed by atoms with E-state index in [1.807, 2.05) is 72.8 Å². The second-order valence-electron chi connectivity index (χ2n) is 7.00. The summed E-state index contributed by atoms with van der Waals surface area (Å²) >= 11 is 0. The van der Waals surface area contributed by atoms with Crippen LogP contribution < -0.4 is 15.5 Å². The fourth-order valence-corrected chi connectivity index (χ4v) is 3.48. The van der Waals surface area contributed by atoms with E-state index in [2.05, 4.69) is 10.6 Å². The molecule has 6 heteroatoms. The van der Waals surface area contributed by atoms with Gasteiger partial charge in [-0.2, -0.15) is 0 Å². The van der Waals surface area contributed by atoms with E-state index in [-0.39, 0.29) is 30.7 Å². The van der Waals surface area contributed by atoms with Crippen LogP contribution in [0, 0.1) is 0 Å². The second kappa shape index (κ2) is 8.14. The maximum atomic E-state index is 12.3. The van der Waals surface area contributed by atoms with Gasteiger partial charge < -0.3 is 15.5 Å². The van der Waals surface area contributed by atoms with Gasteiger partial charge in [-0.05, 0) is 28.5 Å². The predicted octanol–water partition coefficient (Wildman–Crippen LogP) is 2.03. The molecule has 1 saturated heterocycles. The number of benzene rings is 3. The van der Waals surface area contributed by atoms with E-state index in [4.69, 9.17) is 0 Å². The molecule has 3 aromatic rings. The SMILES string of the molecule is O=C(Cc1cccc2ccccc12)NCC(=O)NC1CN(c2ccccc2)C1=O. The molecule has 1 heterocycles. The van der Waals surface area contributed by atoms with Crippen LogP contribution in [-0.2, 0) is 20.8 Å². The number of hydrogen-bond acceptors (Lipinski definition) is 3. The Morgan fingerprint density at radius 2 is 1.62 bits per heavy atom. The molecule has 0 radical (unpaired) electrons. The summed E-state index contributed by atoms with van der Waals surface area (Å²) in [7, 11) is 0. The lowest BCUT2D eigenvalue weighted by Crippen LogP contribution is -2.65. The van der Waals surface area contributed by atoms with Crippen LogP contribution in [0.1, 0.15) is 5.56 Å². The molecule has 3 aromatic carbocycles. The van der Waals surface area contributed by atoms with Crippen LogP contribution in [0.15, 0.2) is 72.8 Å². The number of amides is 3. The quantitative estimate of drug-likeness (QED) is 0.636. The molecule has 1 unspecified atom stereocenters. The first kappa shape index (κ1) is 18.7. The number of nitrogens with zero attached hydrogens (tertiary/aromatic N) is 1. The van der Waals surface area contributed by atoms with Crippen LogP contribution in [-0.4, -0.2) is 36.9 Å². The molecule has 0 aliphatic carbocycles. The monoisotopic (exact) mass is 387 g/mol. The second-order valence-corrected chi connectivity index (χ2v) is 7.00. The molecular weight excluding hydrogens is 366 g/mol. The van der Waals surface area contributed by atoms with Crippen LogP contribution >= 0.6 is 0 Å². The topological polar surface area (TPSA) is 78.5 Å². The Morgan fingerprint density at radius 3 is 2.41 bits per heavy atom. The molecular formula is C23H21N3O3. The van der Waals surface area contributed by atoms with Gasteiger partial charge in [0, 0.05) is 5.69 Å². The molecule has 0 aromatic heterocycles. The average molecular weight is 387 g/mol. The van der Waals surface area contributed by atoms with E-state index in [0.29, 0.717) is 6.54 Å². The smallest absolute Gasteiger partial charge is 0.251 e. The van der Waals surface area contributed by atoms with Gasteiger partial charge in [-0.3, -0.25) is 14.4 Å². The Morgan fingerprint density at radius 1 is 0.897 bits per heavy atom. The number of β-lactam (4-membered cyclic amide) rings is 1. The molecule has 4 rings (SSSR count). The van der Waals surface area contributed by atoms with E-state index in [0.717, 1.165) is 22.0 Å². The highest BCUT2D eigenvalue weighted by molar-refractivity contribution is 6.06. The molecule has 6 nitrogen and oxygen atoms in total. The van der Waals surface area contributed by atoms with Gasteiger partial charge in [-0.1, -0.05) is 60.7 Å². The number of carbonyl (C=O) groups is 3. The van der Waals surface area contributed by atoms with E-state index in [1.165, 1.54) is 0 Å². The molecule has 1 aliphatic rings. The maximum absolute atomic E-state index is 12.3. The van der Waals surface area contributed by atoms with Crippen molar-refractivity contribution in [1.29, 1.82) is 0 Å². The van der Waals surface area contributed by atoms with Gasteiger partial charge in [0.15, 0.2) is 0 Å². The number of rotatable bonds is 6. The Hall–Kier alpha value is -3.67. The average Bonchev–Trinajstić information content (AvgIpc) is 2.75.